The molecule has 2 heterocycles. The summed E-state index contributed by atoms with van der Waals surface area (Å²) < 4.78 is 10.5. The van der Waals surface area contributed by atoms with E-state index in [0.29, 0.717) is 21.0 Å². The van der Waals surface area contributed by atoms with Crippen molar-refractivity contribution in [3.63, 3.8) is 0 Å². The van der Waals surface area contributed by atoms with Crippen LogP contribution < -0.4 is 20.5 Å². The van der Waals surface area contributed by atoms with Gasteiger partial charge in [0, 0.05) is 0 Å². The molecule has 30 heavy (non-hydrogen) atoms. The van der Waals surface area contributed by atoms with Crippen molar-refractivity contribution in [2.45, 2.75) is 6.04 Å². The fourth-order valence-corrected chi connectivity index (χ4v) is 4.11. The van der Waals surface area contributed by atoms with E-state index in [1.54, 1.807) is 13.2 Å². The molecule has 2 aromatic heterocycles. The third-order valence-electron chi connectivity index (χ3n) is 4.65. The fraction of sp³-hybridized carbons (Fsp3) is 0.136. The van der Waals surface area contributed by atoms with Crippen LogP contribution in [0.15, 0.2) is 60.7 Å². The van der Waals surface area contributed by atoms with Gasteiger partial charge in [-0.1, -0.05) is 42.5 Å². The molecule has 0 saturated carbocycles. The van der Waals surface area contributed by atoms with E-state index in [9.17, 15) is 4.79 Å². The summed E-state index contributed by atoms with van der Waals surface area (Å²) in [5, 5.41) is 3.78. The number of hydrogen-bond acceptors (Lipinski definition) is 7. The second kappa shape index (κ2) is 8.38. The number of anilines is 1. The number of methoxy groups -OCH3 is 2. The Morgan fingerprint density at radius 1 is 1.00 bits per heavy atom. The van der Waals surface area contributed by atoms with Crippen molar-refractivity contribution in [2.75, 3.05) is 20.0 Å². The van der Waals surface area contributed by atoms with E-state index in [2.05, 4.69) is 15.3 Å². The summed E-state index contributed by atoms with van der Waals surface area (Å²) in [7, 11) is 3.13. The summed E-state index contributed by atoms with van der Waals surface area (Å²) in [6.45, 7) is 0. The first-order chi connectivity index (χ1) is 14.6. The van der Waals surface area contributed by atoms with Gasteiger partial charge >= 0.3 is 0 Å². The Morgan fingerprint density at radius 2 is 1.70 bits per heavy atom. The molecule has 0 unspecified atom stereocenters. The van der Waals surface area contributed by atoms with Crippen molar-refractivity contribution < 1.29 is 14.3 Å². The van der Waals surface area contributed by atoms with Gasteiger partial charge in [-0.2, -0.15) is 4.98 Å². The zero-order valence-corrected chi connectivity index (χ0v) is 17.3. The topological polar surface area (TPSA) is 99.4 Å². The summed E-state index contributed by atoms with van der Waals surface area (Å²) in [6, 6.07) is 18.8. The predicted octanol–water partition coefficient (Wildman–Crippen LogP) is 3.81. The first kappa shape index (κ1) is 19.7. The summed E-state index contributed by atoms with van der Waals surface area (Å²) in [5.74, 6) is 0.990. The summed E-state index contributed by atoms with van der Waals surface area (Å²) in [6.07, 6.45) is 0. The Hall–Kier alpha value is -3.65. The lowest BCUT2D eigenvalue weighted by Crippen LogP contribution is -2.28. The quantitative estimate of drug-likeness (QED) is 0.492. The molecule has 0 bridgehead atoms. The molecule has 0 fully saturated rings. The van der Waals surface area contributed by atoms with Crippen LogP contribution in [0.3, 0.4) is 0 Å². The maximum Gasteiger partial charge on any atom is 0.262 e. The Morgan fingerprint density at radius 3 is 2.37 bits per heavy atom. The summed E-state index contributed by atoms with van der Waals surface area (Å²) in [4.78, 5) is 22.5. The number of nitrogens with one attached hydrogen (secondary N) is 1. The van der Waals surface area contributed by atoms with Crippen molar-refractivity contribution in [3.05, 3.63) is 76.7 Å². The van der Waals surface area contributed by atoms with E-state index in [4.69, 9.17) is 15.2 Å². The number of fused-ring (bicyclic) bond motifs is 1. The third kappa shape index (κ3) is 3.90. The number of nitrogens with zero attached hydrogens (tertiary/aromatic N) is 2. The molecular formula is C22H20N4O3S. The maximum absolute atomic E-state index is 13.1. The monoisotopic (exact) mass is 420 g/mol. The van der Waals surface area contributed by atoms with Crippen LogP contribution in [-0.2, 0) is 0 Å². The van der Waals surface area contributed by atoms with E-state index in [0.717, 1.165) is 16.9 Å². The van der Waals surface area contributed by atoms with Gasteiger partial charge < -0.3 is 20.5 Å². The molecule has 2 aromatic carbocycles. The van der Waals surface area contributed by atoms with Gasteiger partial charge in [0.15, 0.2) is 0 Å². The SMILES string of the molecule is COc1ccc([C@@H](NC(=O)c2cc3c(OC)nc(N)nc3s2)c2ccccc2)cc1. The van der Waals surface area contributed by atoms with E-state index in [1.165, 1.54) is 18.4 Å². The molecular weight excluding hydrogens is 400 g/mol. The third-order valence-corrected chi connectivity index (χ3v) is 5.68. The molecule has 3 N–H and O–H groups in total. The number of thiophene rings is 1. The molecule has 8 heteroatoms. The molecule has 0 saturated heterocycles. The Bertz CT molecular complexity index is 1180. The van der Waals surface area contributed by atoms with Gasteiger partial charge in [-0.05, 0) is 29.3 Å². The predicted molar refractivity (Wildman–Crippen MR) is 117 cm³/mol. The number of benzene rings is 2. The highest BCUT2D eigenvalue weighted by Gasteiger charge is 2.21. The van der Waals surface area contributed by atoms with Crippen molar-refractivity contribution in [2.24, 2.45) is 0 Å². The largest absolute Gasteiger partial charge is 0.497 e. The minimum Gasteiger partial charge on any atom is -0.497 e. The van der Waals surface area contributed by atoms with Gasteiger partial charge in [0.25, 0.3) is 5.91 Å². The molecule has 0 aliphatic carbocycles. The van der Waals surface area contributed by atoms with E-state index in [-0.39, 0.29) is 17.9 Å². The summed E-state index contributed by atoms with van der Waals surface area (Å²) in [5.41, 5.74) is 7.65. The van der Waals surface area contributed by atoms with Gasteiger partial charge in [0.1, 0.15) is 10.6 Å². The number of carbonyl (C=O) groups is 1. The van der Waals surface area contributed by atoms with Crippen molar-refractivity contribution >= 4 is 33.4 Å². The Kier molecular flexibility index (Phi) is 5.49. The first-order valence-electron chi connectivity index (χ1n) is 9.20. The zero-order valence-electron chi connectivity index (χ0n) is 16.5. The van der Waals surface area contributed by atoms with Crippen LogP contribution in [0.2, 0.25) is 0 Å². The van der Waals surface area contributed by atoms with Crippen LogP contribution in [0.4, 0.5) is 5.95 Å². The van der Waals surface area contributed by atoms with Crippen LogP contribution >= 0.6 is 11.3 Å². The number of aromatic nitrogens is 2. The van der Waals surface area contributed by atoms with Crippen molar-refractivity contribution in [1.82, 2.24) is 15.3 Å². The molecule has 4 rings (SSSR count). The smallest absolute Gasteiger partial charge is 0.262 e. The second-order valence-corrected chi connectivity index (χ2v) is 7.54. The standard InChI is InChI=1S/C22H20N4O3S/c1-28-15-10-8-14(9-11-15)18(13-6-4-3-5-7-13)24-19(27)17-12-16-20(29-2)25-22(23)26-21(16)30-17/h3-12,18H,1-2H3,(H,24,27)(H2,23,25,26)/t18-/m0/s1. The first-order valence-corrected chi connectivity index (χ1v) is 10.0. The van der Waals surface area contributed by atoms with Gasteiger partial charge in [0.05, 0.1) is 30.5 Å². The van der Waals surface area contributed by atoms with Gasteiger partial charge in [-0.3, -0.25) is 4.79 Å². The van der Waals surface area contributed by atoms with Gasteiger partial charge in [0.2, 0.25) is 11.8 Å². The maximum atomic E-state index is 13.1. The number of ether oxygens (including phenoxy) is 2. The van der Waals surface area contributed by atoms with Gasteiger partial charge in [-0.15, -0.1) is 11.3 Å². The van der Waals surface area contributed by atoms with Crippen LogP contribution in [0.1, 0.15) is 26.8 Å². The fourth-order valence-electron chi connectivity index (χ4n) is 3.18. The number of nitrogen functional groups attached to an aromatic ring is 1. The van der Waals surface area contributed by atoms with E-state index >= 15 is 0 Å². The van der Waals surface area contributed by atoms with Crippen LogP contribution in [-0.4, -0.2) is 30.1 Å². The number of carbonyl (C=O) groups excluding carboxylic acids is 1. The lowest BCUT2D eigenvalue weighted by Gasteiger charge is -2.20. The van der Waals surface area contributed by atoms with Crippen LogP contribution in [0, 0.1) is 0 Å². The minimum absolute atomic E-state index is 0.105. The average Bonchev–Trinajstić information content (AvgIpc) is 3.21. The number of rotatable bonds is 6. The highest BCUT2D eigenvalue weighted by molar-refractivity contribution is 7.20. The molecule has 1 amide bonds. The van der Waals surface area contributed by atoms with Crippen LogP contribution in [0.25, 0.3) is 10.2 Å². The Labute approximate surface area is 177 Å². The molecule has 0 spiro atoms. The average molecular weight is 420 g/mol. The molecule has 0 aliphatic rings. The highest BCUT2D eigenvalue weighted by atomic mass is 32.1. The lowest BCUT2D eigenvalue weighted by molar-refractivity contribution is 0.0947. The van der Waals surface area contributed by atoms with E-state index < -0.39 is 0 Å². The molecule has 1 atom stereocenters. The minimum atomic E-state index is -0.326. The molecule has 4 aromatic rings. The second-order valence-electron chi connectivity index (χ2n) is 6.51. The molecule has 152 valence electrons. The Balaban J connectivity index is 1.69. The van der Waals surface area contributed by atoms with Gasteiger partial charge in [-0.25, -0.2) is 4.98 Å². The van der Waals surface area contributed by atoms with E-state index in [1.807, 2.05) is 54.6 Å². The highest BCUT2D eigenvalue weighted by Crippen LogP contribution is 2.32. The number of nitrogens with two attached hydrogens (primary N) is 1. The van der Waals surface area contributed by atoms with Crippen molar-refractivity contribution in [1.29, 1.82) is 0 Å². The lowest BCUT2D eigenvalue weighted by atomic mass is 9.98. The summed E-state index contributed by atoms with van der Waals surface area (Å²) >= 11 is 1.24. The number of amides is 1. The van der Waals surface area contributed by atoms with Crippen LogP contribution in [0.5, 0.6) is 11.6 Å². The normalized spacial score (nSPS) is 11.8. The molecule has 7 nitrogen and oxygen atoms in total. The number of hydrogen-bond donors (Lipinski definition) is 2. The molecule has 0 radical (unpaired) electrons. The zero-order chi connectivity index (χ0) is 21.1. The molecule has 0 aliphatic heterocycles. The van der Waals surface area contributed by atoms with Crippen molar-refractivity contribution in [3.8, 4) is 11.6 Å².